The summed E-state index contributed by atoms with van der Waals surface area (Å²) in [4.78, 5) is 2.57. The van der Waals surface area contributed by atoms with Gasteiger partial charge in [-0.25, -0.2) is 0 Å². The van der Waals surface area contributed by atoms with E-state index in [9.17, 15) is 0 Å². The predicted molar refractivity (Wildman–Crippen MR) is 80.9 cm³/mol. The van der Waals surface area contributed by atoms with Gasteiger partial charge in [0.1, 0.15) is 0 Å². The third-order valence-electron chi connectivity index (χ3n) is 4.66. The molecule has 0 saturated heterocycles. The molecule has 3 atom stereocenters. The maximum absolute atomic E-state index is 3.44. The van der Waals surface area contributed by atoms with Crippen molar-refractivity contribution in [1.29, 1.82) is 0 Å². The van der Waals surface area contributed by atoms with Crippen molar-refractivity contribution >= 4 is 0 Å². The standard InChI is InChI=1S/C16H34N2/c1-6-14(2)11-18(5)13-16(12-17-4)9-7-8-15(3)10-16/h14-15,17H,6-13H2,1-5H3. The molecule has 3 unspecified atom stereocenters. The Bertz CT molecular complexity index is 225. The molecule has 1 rings (SSSR count). The van der Waals surface area contributed by atoms with Crippen molar-refractivity contribution < 1.29 is 0 Å². The highest BCUT2D eigenvalue weighted by Crippen LogP contribution is 2.39. The first-order chi connectivity index (χ1) is 8.51. The van der Waals surface area contributed by atoms with Crippen LogP contribution in [0, 0.1) is 17.3 Å². The van der Waals surface area contributed by atoms with Crippen molar-refractivity contribution in [3.05, 3.63) is 0 Å². The summed E-state index contributed by atoms with van der Waals surface area (Å²) < 4.78 is 0. The van der Waals surface area contributed by atoms with E-state index in [0.29, 0.717) is 5.41 Å². The fourth-order valence-electron chi connectivity index (χ4n) is 3.80. The van der Waals surface area contributed by atoms with Gasteiger partial charge in [-0.1, -0.05) is 40.0 Å². The molecule has 0 bridgehead atoms. The molecule has 2 heteroatoms. The second kappa shape index (κ2) is 7.49. The Morgan fingerprint density at radius 3 is 2.72 bits per heavy atom. The van der Waals surface area contributed by atoms with E-state index in [2.05, 4.69) is 45.1 Å². The SMILES string of the molecule is CCC(C)CN(C)CC1(CNC)CCCC(C)C1. The largest absolute Gasteiger partial charge is 0.319 e. The van der Waals surface area contributed by atoms with Crippen molar-refractivity contribution in [2.75, 3.05) is 33.7 Å². The van der Waals surface area contributed by atoms with Crippen LogP contribution in [0.5, 0.6) is 0 Å². The lowest BCUT2D eigenvalue weighted by Crippen LogP contribution is -2.45. The molecule has 0 amide bonds. The van der Waals surface area contributed by atoms with Gasteiger partial charge in [0.2, 0.25) is 0 Å². The lowest BCUT2D eigenvalue weighted by Gasteiger charge is -2.43. The summed E-state index contributed by atoms with van der Waals surface area (Å²) in [6, 6.07) is 0. The number of rotatable bonds is 7. The molecule has 0 aromatic carbocycles. The monoisotopic (exact) mass is 254 g/mol. The zero-order valence-corrected chi connectivity index (χ0v) is 13.3. The summed E-state index contributed by atoms with van der Waals surface area (Å²) in [6.45, 7) is 10.8. The summed E-state index contributed by atoms with van der Waals surface area (Å²) >= 11 is 0. The minimum absolute atomic E-state index is 0.522. The summed E-state index contributed by atoms with van der Waals surface area (Å²) in [5, 5.41) is 3.44. The fourth-order valence-corrected chi connectivity index (χ4v) is 3.80. The lowest BCUT2D eigenvalue weighted by molar-refractivity contribution is 0.0876. The van der Waals surface area contributed by atoms with E-state index in [4.69, 9.17) is 0 Å². The first-order valence-corrected chi connectivity index (χ1v) is 7.84. The minimum atomic E-state index is 0.522. The Hall–Kier alpha value is -0.0800. The van der Waals surface area contributed by atoms with E-state index in [0.717, 1.165) is 11.8 Å². The van der Waals surface area contributed by atoms with Crippen LogP contribution in [0.1, 0.15) is 52.9 Å². The van der Waals surface area contributed by atoms with Crippen LogP contribution in [-0.4, -0.2) is 38.6 Å². The van der Waals surface area contributed by atoms with Crippen molar-refractivity contribution in [3.63, 3.8) is 0 Å². The first-order valence-electron chi connectivity index (χ1n) is 7.84. The van der Waals surface area contributed by atoms with Crippen LogP contribution in [0.15, 0.2) is 0 Å². The van der Waals surface area contributed by atoms with Gasteiger partial charge in [-0.05, 0) is 44.2 Å². The number of hydrogen-bond acceptors (Lipinski definition) is 2. The average molecular weight is 254 g/mol. The fraction of sp³-hybridized carbons (Fsp3) is 1.00. The molecule has 0 heterocycles. The molecule has 0 aromatic rings. The van der Waals surface area contributed by atoms with Crippen molar-refractivity contribution in [2.45, 2.75) is 52.9 Å². The van der Waals surface area contributed by atoms with Gasteiger partial charge in [0.25, 0.3) is 0 Å². The summed E-state index contributed by atoms with van der Waals surface area (Å²) in [5.41, 5.74) is 0.522. The Morgan fingerprint density at radius 2 is 2.17 bits per heavy atom. The topological polar surface area (TPSA) is 15.3 Å². The summed E-state index contributed by atoms with van der Waals surface area (Å²) in [5.74, 6) is 1.73. The summed E-state index contributed by atoms with van der Waals surface area (Å²) in [6.07, 6.45) is 6.95. The van der Waals surface area contributed by atoms with E-state index in [1.807, 2.05) is 0 Å². The maximum atomic E-state index is 3.44. The maximum Gasteiger partial charge on any atom is 0.00473 e. The second-order valence-electron chi connectivity index (χ2n) is 6.94. The molecule has 1 saturated carbocycles. The highest BCUT2D eigenvalue weighted by molar-refractivity contribution is 4.89. The number of nitrogens with one attached hydrogen (secondary N) is 1. The van der Waals surface area contributed by atoms with Gasteiger partial charge in [0, 0.05) is 19.6 Å². The molecule has 18 heavy (non-hydrogen) atoms. The molecule has 0 aromatic heterocycles. The van der Waals surface area contributed by atoms with Crippen LogP contribution in [0.3, 0.4) is 0 Å². The third-order valence-corrected chi connectivity index (χ3v) is 4.66. The van der Waals surface area contributed by atoms with Crippen LogP contribution in [0.2, 0.25) is 0 Å². The van der Waals surface area contributed by atoms with Gasteiger partial charge < -0.3 is 10.2 Å². The van der Waals surface area contributed by atoms with Gasteiger partial charge in [0.15, 0.2) is 0 Å². The predicted octanol–water partition coefficient (Wildman–Crippen LogP) is 3.38. The molecule has 1 N–H and O–H groups in total. The van der Waals surface area contributed by atoms with Gasteiger partial charge in [-0.2, -0.15) is 0 Å². The minimum Gasteiger partial charge on any atom is -0.319 e. The average Bonchev–Trinajstić information content (AvgIpc) is 2.28. The van der Waals surface area contributed by atoms with Crippen molar-refractivity contribution in [3.8, 4) is 0 Å². The molecule has 1 aliphatic carbocycles. The third kappa shape index (κ3) is 4.89. The number of nitrogens with zero attached hydrogens (tertiary/aromatic N) is 1. The van der Waals surface area contributed by atoms with Gasteiger partial charge in [-0.3, -0.25) is 0 Å². The van der Waals surface area contributed by atoms with Crippen LogP contribution < -0.4 is 5.32 Å². The van der Waals surface area contributed by atoms with E-state index >= 15 is 0 Å². The molecule has 0 spiro atoms. The van der Waals surface area contributed by atoms with E-state index in [1.165, 1.54) is 51.7 Å². The highest BCUT2D eigenvalue weighted by atomic mass is 15.1. The smallest absolute Gasteiger partial charge is 0.00473 e. The molecule has 1 aliphatic rings. The van der Waals surface area contributed by atoms with Crippen molar-refractivity contribution in [2.24, 2.45) is 17.3 Å². The number of hydrogen-bond donors (Lipinski definition) is 1. The molecular weight excluding hydrogens is 220 g/mol. The van der Waals surface area contributed by atoms with Gasteiger partial charge >= 0.3 is 0 Å². The Labute approximate surface area is 115 Å². The molecule has 2 nitrogen and oxygen atoms in total. The van der Waals surface area contributed by atoms with E-state index in [-0.39, 0.29) is 0 Å². The quantitative estimate of drug-likeness (QED) is 0.749. The van der Waals surface area contributed by atoms with E-state index in [1.54, 1.807) is 0 Å². The van der Waals surface area contributed by atoms with Crippen LogP contribution in [0.4, 0.5) is 0 Å². The molecule has 108 valence electrons. The van der Waals surface area contributed by atoms with Crippen LogP contribution in [-0.2, 0) is 0 Å². The zero-order valence-electron chi connectivity index (χ0n) is 13.3. The van der Waals surface area contributed by atoms with Crippen LogP contribution in [0.25, 0.3) is 0 Å². The Balaban J connectivity index is 2.55. The highest BCUT2D eigenvalue weighted by Gasteiger charge is 2.35. The lowest BCUT2D eigenvalue weighted by atomic mass is 9.69. The molecule has 0 radical (unpaired) electrons. The molecule has 1 fully saturated rings. The van der Waals surface area contributed by atoms with Gasteiger partial charge in [-0.15, -0.1) is 0 Å². The Kier molecular flexibility index (Phi) is 6.65. The Morgan fingerprint density at radius 1 is 1.44 bits per heavy atom. The van der Waals surface area contributed by atoms with Crippen molar-refractivity contribution in [1.82, 2.24) is 10.2 Å². The molecule has 0 aliphatic heterocycles. The summed E-state index contributed by atoms with van der Waals surface area (Å²) in [7, 11) is 4.42. The van der Waals surface area contributed by atoms with E-state index < -0.39 is 0 Å². The second-order valence-corrected chi connectivity index (χ2v) is 6.94. The zero-order chi connectivity index (χ0) is 13.6. The van der Waals surface area contributed by atoms with Gasteiger partial charge in [0.05, 0.1) is 0 Å². The first kappa shape index (κ1) is 16.0. The molecular formula is C16H34N2. The van der Waals surface area contributed by atoms with Crippen LogP contribution >= 0.6 is 0 Å². The normalized spacial score (nSPS) is 30.7.